The molecule has 1 aliphatic heterocycles. The lowest BCUT2D eigenvalue weighted by Gasteiger charge is -2.09. The van der Waals surface area contributed by atoms with Gasteiger partial charge in [0, 0.05) is 6.21 Å². The van der Waals surface area contributed by atoms with Crippen LogP contribution in [0.3, 0.4) is 0 Å². The third-order valence-electron chi connectivity index (χ3n) is 2.33. The van der Waals surface area contributed by atoms with Crippen LogP contribution in [0, 0.1) is 5.92 Å². The lowest BCUT2D eigenvalue weighted by molar-refractivity contribution is 0.797. The van der Waals surface area contributed by atoms with Crippen molar-refractivity contribution in [2.24, 2.45) is 10.9 Å². The van der Waals surface area contributed by atoms with E-state index in [0.717, 1.165) is 6.42 Å². The number of allylic oxidation sites excluding steroid dienone is 5. The molecule has 0 aromatic heterocycles. The summed E-state index contributed by atoms with van der Waals surface area (Å²) in [5.74, 6) is 0.598. The maximum Gasteiger partial charge on any atom is 0.0668 e. The quantitative estimate of drug-likeness (QED) is 0.558. The predicted octanol–water partition coefficient (Wildman–Crippen LogP) is 2.87. The van der Waals surface area contributed by atoms with Gasteiger partial charge >= 0.3 is 0 Å². The van der Waals surface area contributed by atoms with E-state index in [-0.39, 0.29) is 0 Å². The molecule has 0 saturated carbocycles. The van der Waals surface area contributed by atoms with Crippen molar-refractivity contribution in [2.45, 2.75) is 20.3 Å². The van der Waals surface area contributed by atoms with E-state index in [0.29, 0.717) is 5.92 Å². The third kappa shape index (κ3) is 1.06. The summed E-state index contributed by atoms with van der Waals surface area (Å²) in [7, 11) is 0. The van der Waals surface area contributed by atoms with Crippen LogP contribution in [0.15, 0.2) is 40.1 Å². The molecule has 12 heavy (non-hydrogen) atoms. The van der Waals surface area contributed by atoms with Crippen LogP contribution in [0.4, 0.5) is 0 Å². The third-order valence-corrected chi connectivity index (χ3v) is 2.33. The molecule has 0 unspecified atom stereocenters. The summed E-state index contributed by atoms with van der Waals surface area (Å²) < 4.78 is 0. The highest BCUT2D eigenvalue weighted by molar-refractivity contribution is 5.87. The molecular formula is C11H13N. The van der Waals surface area contributed by atoms with E-state index in [1.54, 1.807) is 0 Å². The standard InChI is InChI=1S/C11H13N/c1-8(2)10-7-12-11-6-4-3-5-9(10)11/h3-4,6-8H,5H2,1-2H3. The second-order valence-electron chi connectivity index (χ2n) is 3.53. The topological polar surface area (TPSA) is 12.4 Å². The van der Waals surface area contributed by atoms with Gasteiger partial charge in [0.2, 0.25) is 0 Å². The molecule has 0 aromatic rings. The van der Waals surface area contributed by atoms with Crippen molar-refractivity contribution in [3.05, 3.63) is 35.1 Å². The summed E-state index contributed by atoms with van der Waals surface area (Å²) in [6.07, 6.45) is 9.43. The van der Waals surface area contributed by atoms with E-state index >= 15 is 0 Å². The van der Waals surface area contributed by atoms with E-state index in [2.05, 4.69) is 37.1 Å². The van der Waals surface area contributed by atoms with E-state index in [4.69, 9.17) is 0 Å². The zero-order valence-electron chi connectivity index (χ0n) is 7.54. The molecule has 2 aliphatic rings. The Hall–Kier alpha value is -1.11. The Bertz CT molecular complexity index is 314. The average molecular weight is 159 g/mol. The molecule has 1 heterocycles. The number of hydrogen-bond acceptors (Lipinski definition) is 1. The molecule has 0 spiro atoms. The molecule has 0 atom stereocenters. The zero-order chi connectivity index (χ0) is 8.55. The van der Waals surface area contributed by atoms with Crippen molar-refractivity contribution >= 4 is 6.21 Å². The van der Waals surface area contributed by atoms with Gasteiger partial charge in [-0.1, -0.05) is 26.0 Å². The van der Waals surface area contributed by atoms with E-state index < -0.39 is 0 Å². The molecule has 0 aromatic carbocycles. The van der Waals surface area contributed by atoms with Gasteiger partial charge < -0.3 is 0 Å². The highest BCUT2D eigenvalue weighted by Gasteiger charge is 2.17. The van der Waals surface area contributed by atoms with Gasteiger partial charge in [-0.15, -0.1) is 0 Å². The second-order valence-corrected chi connectivity index (χ2v) is 3.53. The smallest absolute Gasteiger partial charge is 0.0668 e. The molecular weight excluding hydrogens is 146 g/mol. The van der Waals surface area contributed by atoms with Gasteiger partial charge in [0.25, 0.3) is 0 Å². The van der Waals surface area contributed by atoms with Gasteiger partial charge in [-0.05, 0) is 29.6 Å². The van der Waals surface area contributed by atoms with Gasteiger partial charge in [-0.25, -0.2) is 0 Å². The van der Waals surface area contributed by atoms with Crippen molar-refractivity contribution < 1.29 is 0 Å². The highest BCUT2D eigenvalue weighted by atomic mass is 14.8. The summed E-state index contributed by atoms with van der Waals surface area (Å²) >= 11 is 0. The van der Waals surface area contributed by atoms with Gasteiger partial charge in [-0.3, -0.25) is 4.99 Å². The van der Waals surface area contributed by atoms with Crippen molar-refractivity contribution in [3.8, 4) is 0 Å². The van der Waals surface area contributed by atoms with E-state index in [9.17, 15) is 0 Å². The van der Waals surface area contributed by atoms with Crippen molar-refractivity contribution in [3.63, 3.8) is 0 Å². The van der Waals surface area contributed by atoms with E-state index in [1.165, 1.54) is 16.8 Å². The van der Waals surface area contributed by atoms with Crippen molar-refractivity contribution in [2.75, 3.05) is 0 Å². The summed E-state index contributed by atoms with van der Waals surface area (Å²) in [5.41, 5.74) is 4.00. The minimum absolute atomic E-state index is 0.598. The van der Waals surface area contributed by atoms with Crippen molar-refractivity contribution in [1.82, 2.24) is 0 Å². The highest BCUT2D eigenvalue weighted by Crippen LogP contribution is 2.31. The minimum Gasteiger partial charge on any atom is -0.256 e. The minimum atomic E-state index is 0.598. The molecule has 1 aliphatic carbocycles. The normalized spacial score (nSPS) is 20.4. The SMILES string of the molecule is CC(C)C1=C2CC=CC=C2N=C1. The monoisotopic (exact) mass is 159 g/mol. The summed E-state index contributed by atoms with van der Waals surface area (Å²) in [5, 5.41) is 0. The first-order chi connectivity index (χ1) is 5.79. The Kier molecular flexibility index (Phi) is 1.72. The second kappa shape index (κ2) is 2.74. The van der Waals surface area contributed by atoms with Gasteiger partial charge in [-0.2, -0.15) is 0 Å². The Labute approximate surface area is 73.2 Å². The van der Waals surface area contributed by atoms with Crippen LogP contribution >= 0.6 is 0 Å². The molecule has 0 bridgehead atoms. The van der Waals surface area contributed by atoms with Crippen molar-refractivity contribution in [1.29, 1.82) is 0 Å². The molecule has 1 heteroatoms. The van der Waals surface area contributed by atoms with Crippen LogP contribution in [0.5, 0.6) is 0 Å². The Morgan fingerprint density at radius 2 is 2.25 bits per heavy atom. The van der Waals surface area contributed by atoms with Gasteiger partial charge in [0.15, 0.2) is 0 Å². The largest absolute Gasteiger partial charge is 0.256 e. The zero-order valence-corrected chi connectivity index (χ0v) is 7.54. The molecule has 0 N–H and O–H groups in total. The van der Waals surface area contributed by atoms with Crippen LogP contribution in [-0.4, -0.2) is 6.21 Å². The van der Waals surface area contributed by atoms with Crippen LogP contribution in [0.2, 0.25) is 0 Å². The predicted molar refractivity (Wildman–Crippen MR) is 52.2 cm³/mol. The molecule has 1 nitrogen and oxygen atoms in total. The summed E-state index contributed by atoms with van der Waals surface area (Å²) in [6, 6.07) is 0. The fraction of sp³-hybridized carbons (Fsp3) is 0.364. The fourth-order valence-electron chi connectivity index (χ4n) is 1.65. The van der Waals surface area contributed by atoms with Crippen LogP contribution in [0.1, 0.15) is 20.3 Å². The number of aliphatic imine (C=N–C) groups is 1. The lowest BCUT2D eigenvalue weighted by Crippen LogP contribution is -1.97. The lowest BCUT2D eigenvalue weighted by atomic mass is 9.94. The average Bonchev–Trinajstić information content (AvgIpc) is 2.47. The number of fused-ring (bicyclic) bond motifs is 1. The fourth-order valence-corrected chi connectivity index (χ4v) is 1.65. The maximum atomic E-state index is 4.37. The maximum absolute atomic E-state index is 4.37. The van der Waals surface area contributed by atoms with Crippen LogP contribution in [-0.2, 0) is 0 Å². The van der Waals surface area contributed by atoms with Crippen LogP contribution < -0.4 is 0 Å². The number of hydrogen-bond donors (Lipinski definition) is 0. The Morgan fingerprint density at radius 3 is 3.00 bits per heavy atom. The summed E-state index contributed by atoms with van der Waals surface area (Å²) in [6.45, 7) is 4.44. The van der Waals surface area contributed by atoms with Gasteiger partial charge in [0.1, 0.15) is 0 Å². The molecule has 2 rings (SSSR count). The molecule has 0 amide bonds. The molecule has 62 valence electrons. The molecule has 0 radical (unpaired) electrons. The Morgan fingerprint density at radius 1 is 1.42 bits per heavy atom. The first-order valence-electron chi connectivity index (χ1n) is 4.43. The van der Waals surface area contributed by atoms with Gasteiger partial charge in [0.05, 0.1) is 5.70 Å². The van der Waals surface area contributed by atoms with Crippen LogP contribution in [0.25, 0.3) is 0 Å². The number of rotatable bonds is 1. The van der Waals surface area contributed by atoms with E-state index in [1.807, 2.05) is 6.21 Å². The first kappa shape index (κ1) is 7.53. The molecule has 0 saturated heterocycles. The Balaban J connectivity index is 2.42. The first-order valence-corrected chi connectivity index (χ1v) is 4.43. The number of nitrogens with zero attached hydrogens (tertiary/aromatic N) is 1. The summed E-state index contributed by atoms with van der Waals surface area (Å²) in [4.78, 5) is 4.37. The molecule has 0 fully saturated rings.